The first-order valence-electron chi connectivity index (χ1n) is 4.76. The zero-order chi connectivity index (χ0) is 11.4. The number of hydrogen-bond donors (Lipinski definition) is 2. The Labute approximate surface area is 88.9 Å². The lowest BCUT2D eigenvalue weighted by Crippen LogP contribution is -2.19. The molecule has 0 heterocycles. The van der Waals surface area contributed by atoms with Crippen LogP contribution in [0, 0.1) is 0 Å². The van der Waals surface area contributed by atoms with E-state index >= 15 is 0 Å². The van der Waals surface area contributed by atoms with Gasteiger partial charge in [-0.1, -0.05) is 0 Å². The molecule has 0 radical (unpaired) electrons. The summed E-state index contributed by atoms with van der Waals surface area (Å²) >= 11 is 0. The quantitative estimate of drug-likeness (QED) is 0.793. The normalized spacial score (nSPS) is 10.1. The molecule has 0 saturated heterocycles. The predicted octanol–water partition coefficient (Wildman–Crippen LogP) is 1.54. The van der Waals surface area contributed by atoms with Gasteiger partial charge in [0, 0.05) is 7.05 Å². The molecule has 0 atom stereocenters. The fourth-order valence-corrected chi connectivity index (χ4v) is 1.19. The molecule has 1 rings (SSSR count). The lowest BCUT2D eigenvalue weighted by molar-refractivity contribution is 0.0957. The van der Waals surface area contributed by atoms with Crippen LogP contribution in [0.5, 0.6) is 11.5 Å². The fraction of sp³-hybridized carbons (Fsp3) is 0.364. The van der Waals surface area contributed by atoms with Crippen molar-refractivity contribution in [3.63, 3.8) is 0 Å². The zero-order valence-electron chi connectivity index (χ0n) is 9.07. The zero-order valence-corrected chi connectivity index (χ0v) is 9.07. The topological polar surface area (TPSA) is 58.6 Å². The van der Waals surface area contributed by atoms with Crippen LogP contribution in [-0.2, 0) is 0 Å². The number of phenolic OH excluding ortho intramolecular Hbond substituents is 1. The SMILES string of the molecule is CNC(=O)c1cc(O)ccc1OC(C)C. The summed E-state index contributed by atoms with van der Waals surface area (Å²) in [7, 11) is 1.53. The first kappa shape index (κ1) is 11.4. The summed E-state index contributed by atoms with van der Waals surface area (Å²) < 4.78 is 5.45. The highest BCUT2D eigenvalue weighted by atomic mass is 16.5. The molecular weight excluding hydrogens is 194 g/mol. The monoisotopic (exact) mass is 209 g/mol. The molecular formula is C11H15NO3. The molecule has 4 nitrogen and oxygen atoms in total. The number of carbonyl (C=O) groups is 1. The Bertz CT molecular complexity index is 361. The van der Waals surface area contributed by atoms with Gasteiger partial charge in [0.05, 0.1) is 11.7 Å². The van der Waals surface area contributed by atoms with Crippen molar-refractivity contribution in [3.05, 3.63) is 23.8 Å². The smallest absolute Gasteiger partial charge is 0.254 e. The molecule has 0 fully saturated rings. The Morgan fingerprint density at radius 3 is 2.67 bits per heavy atom. The number of phenols is 1. The highest BCUT2D eigenvalue weighted by Gasteiger charge is 2.12. The summed E-state index contributed by atoms with van der Waals surface area (Å²) in [5.41, 5.74) is 0.339. The number of amides is 1. The van der Waals surface area contributed by atoms with E-state index in [1.807, 2.05) is 13.8 Å². The van der Waals surface area contributed by atoms with Gasteiger partial charge in [-0.3, -0.25) is 4.79 Å². The maximum Gasteiger partial charge on any atom is 0.254 e. The Kier molecular flexibility index (Phi) is 3.55. The van der Waals surface area contributed by atoms with Gasteiger partial charge in [0.25, 0.3) is 5.91 Å². The third-order valence-electron chi connectivity index (χ3n) is 1.80. The van der Waals surface area contributed by atoms with Gasteiger partial charge >= 0.3 is 0 Å². The molecule has 0 unspecified atom stereocenters. The maximum absolute atomic E-state index is 11.5. The molecule has 82 valence electrons. The van der Waals surface area contributed by atoms with E-state index in [2.05, 4.69) is 5.32 Å². The number of nitrogens with one attached hydrogen (secondary N) is 1. The lowest BCUT2D eigenvalue weighted by atomic mass is 10.1. The van der Waals surface area contributed by atoms with Gasteiger partial charge in [-0.15, -0.1) is 0 Å². The first-order chi connectivity index (χ1) is 7.04. The van der Waals surface area contributed by atoms with Gasteiger partial charge < -0.3 is 15.2 Å². The fourth-order valence-electron chi connectivity index (χ4n) is 1.19. The molecule has 1 aromatic carbocycles. The summed E-state index contributed by atoms with van der Waals surface area (Å²) in [4.78, 5) is 11.5. The van der Waals surface area contributed by atoms with E-state index in [4.69, 9.17) is 4.74 Å². The number of aromatic hydroxyl groups is 1. The summed E-state index contributed by atoms with van der Waals surface area (Å²) in [5, 5.41) is 11.8. The Balaban J connectivity index is 3.08. The van der Waals surface area contributed by atoms with Crippen molar-refractivity contribution in [1.29, 1.82) is 0 Å². The Morgan fingerprint density at radius 2 is 2.13 bits per heavy atom. The van der Waals surface area contributed by atoms with Gasteiger partial charge in [-0.25, -0.2) is 0 Å². The van der Waals surface area contributed by atoms with Crippen LogP contribution in [0.2, 0.25) is 0 Å². The highest BCUT2D eigenvalue weighted by molar-refractivity contribution is 5.97. The minimum Gasteiger partial charge on any atom is -0.508 e. The molecule has 0 spiro atoms. The van der Waals surface area contributed by atoms with Crippen LogP contribution < -0.4 is 10.1 Å². The molecule has 2 N–H and O–H groups in total. The van der Waals surface area contributed by atoms with Crippen LogP contribution in [0.3, 0.4) is 0 Å². The van der Waals surface area contributed by atoms with E-state index in [1.54, 1.807) is 6.07 Å². The van der Waals surface area contributed by atoms with Gasteiger partial charge in [0.1, 0.15) is 11.5 Å². The second-order valence-corrected chi connectivity index (χ2v) is 3.43. The van der Waals surface area contributed by atoms with E-state index in [0.29, 0.717) is 11.3 Å². The molecule has 0 bridgehead atoms. The molecule has 4 heteroatoms. The molecule has 15 heavy (non-hydrogen) atoms. The lowest BCUT2D eigenvalue weighted by Gasteiger charge is -2.13. The molecule has 0 aliphatic carbocycles. The van der Waals surface area contributed by atoms with Crippen LogP contribution in [0.15, 0.2) is 18.2 Å². The number of ether oxygens (including phenoxy) is 1. The van der Waals surface area contributed by atoms with E-state index in [0.717, 1.165) is 0 Å². The first-order valence-corrected chi connectivity index (χ1v) is 4.76. The number of carbonyl (C=O) groups excluding carboxylic acids is 1. The Morgan fingerprint density at radius 1 is 1.47 bits per heavy atom. The molecule has 1 aromatic rings. The van der Waals surface area contributed by atoms with E-state index in [1.165, 1.54) is 19.2 Å². The van der Waals surface area contributed by atoms with E-state index < -0.39 is 0 Å². The molecule has 1 amide bonds. The maximum atomic E-state index is 11.5. The third-order valence-corrected chi connectivity index (χ3v) is 1.80. The predicted molar refractivity (Wildman–Crippen MR) is 57.3 cm³/mol. The summed E-state index contributed by atoms with van der Waals surface area (Å²) in [5.74, 6) is 0.244. The van der Waals surface area contributed by atoms with Crippen molar-refractivity contribution < 1.29 is 14.6 Å². The van der Waals surface area contributed by atoms with Crippen LogP contribution in [0.1, 0.15) is 24.2 Å². The van der Waals surface area contributed by atoms with Crippen LogP contribution in [0.25, 0.3) is 0 Å². The van der Waals surface area contributed by atoms with Crippen molar-refractivity contribution in [1.82, 2.24) is 5.32 Å². The van der Waals surface area contributed by atoms with Gasteiger partial charge in [0.2, 0.25) is 0 Å². The molecule has 0 aromatic heterocycles. The second-order valence-electron chi connectivity index (χ2n) is 3.43. The molecule has 0 saturated carbocycles. The average molecular weight is 209 g/mol. The average Bonchev–Trinajstić information content (AvgIpc) is 2.19. The standard InChI is InChI=1S/C11H15NO3/c1-7(2)15-10-5-4-8(13)6-9(10)11(14)12-3/h4-7,13H,1-3H3,(H,12,14). The number of rotatable bonds is 3. The summed E-state index contributed by atoms with van der Waals surface area (Å²) in [6.07, 6.45) is -0.0158. The van der Waals surface area contributed by atoms with Crippen molar-refractivity contribution in [2.75, 3.05) is 7.05 Å². The summed E-state index contributed by atoms with van der Waals surface area (Å²) in [6.45, 7) is 3.75. The minimum atomic E-state index is -0.276. The minimum absolute atomic E-state index is 0.0158. The van der Waals surface area contributed by atoms with Crippen LogP contribution in [0.4, 0.5) is 0 Å². The Hall–Kier alpha value is -1.71. The number of benzene rings is 1. The van der Waals surface area contributed by atoms with E-state index in [-0.39, 0.29) is 17.8 Å². The van der Waals surface area contributed by atoms with Crippen LogP contribution >= 0.6 is 0 Å². The summed E-state index contributed by atoms with van der Waals surface area (Å²) in [6, 6.07) is 4.46. The van der Waals surface area contributed by atoms with Crippen molar-refractivity contribution >= 4 is 5.91 Å². The molecule has 0 aliphatic heterocycles. The highest BCUT2D eigenvalue weighted by Crippen LogP contribution is 2.24. The van der Waals surface area contributed by atoms with Crippen LogP contribution in [-0.4, -0.2) is 24.2 Å². The van der Waals surface area contributed by atoms with Gasteiger partial charge in [-0.2, -0.15) is 0 Å². The van der Waals surface area contributed by atoms with Crippen molar-refractivity contribution in [2.24, 2.45) is 0 Å². The molecule has 0 aliphatic rings. The van der Waals surface area contributed by atoms with Gasteiger partial charge in [-0.05, 0) is 32.0 Å². The van der Waals surface area contributed by atoms with Crippen molar-refractivity contribution in [2.45, 2.75) is 20.0 Å². The van der Waals surface area contributed by atoms with Gasteiger partial charge in [0.15, 0.2) is 0 Å². The largest absolute Gasteiger partial charge is 0.508 e. The second kappa shape index (κ2) is 4.68. The van der Waals surface area contributed by atoms with Crippen molar-refractivity contribution in [3.8, 4) is 11.5 Å². The van der Waals surface area contributed by atoms with E-state index in [9.17, 15) is 9.90 Å². The third kappa shape index (κ3) is 2.87. The number of hydrogen-bond acceptors (Lipinski definition) is 3.